The predicted molar refractivity (Wildman–Crippen MR) is 81.6 cm³/mol. The number of benzene rings is 2. The highest BCUT2D eigenvalue weighted by Gasteiger charge is 2.22. The van der Waals surface area contributed by atoms with Crippen LogP contribution in [0.4, 0.5) is 10.1 Å². The third kappa shape index (κ3) is 3.05. The Morgan fingerprint density at radius 2 is 1.95 bits per heavy atom. The second-order valence-electron chi connectivity index (χ2n) is 5.61. The number of nitrogens with zero attached hydrogens (tertiary/aromatic N) is 1. The average Bonchev–Trinajstić information content (AvgIpc) is 3.34. The molecule has 21 heavy (non-hydrogen) atoms. The zero-order valence-electron chi connectivity index (χ0n) is 12.0. The third-order valence-corrected chi connectivity index (χ3v) is 3.98. The van der Waals surface area contributed by atoms with Crippen molar-refractivity contribution in [3.05, 3.63) is 64.5 Å². The Morgan fingerprint density at radius 3 is 2.57 bits per heavy atom. The first-order valence-corrected chi connectivity index (χ1v) is 7.20. The zero-order valence-corrected chi connectivity index (χ0v) is 12.0. The fraction of sp³-hybridized carbons (Fsp3) is 0.278. The summed E-state index contributed by atoms with van der Waals surface area (Å²) < 4.78 is 13.7. The standard InChI is InChI=1S/C18H17FN2/c1-12-17(19)8-14(10-20)9-18(12)21-11-13-2-4-15(5-3-13)16-6-7-16/h2-5,8-9,16,21H,6-7,11H2,1H3. The minimum atomic E-state index is -0.347. The van der Waals surface area contributed by atoms with Crippen LogP contribution < -0.4 is 5.32 Å². The third-order valence-electron chi connectivity index (χ3n) is 3.98. The highest BCUT2D eigenvalue weighted by atomic mass is 19.1. The number of hydrogen-bond donors (Lipinski definition) is 1. The maximum Gasteiger partial charge on any atom is 0.129 e. The summed E-state index contributed by atoms with van der Waals surface area (Å²) in [6, 6.07) is 13.5. The monoisotopic (exact) mass is 280 g/mol. The molecule has 1 aliphatic rings. The maximum atomic E-state index is 13.7. The van der Waals surface area contributed by atoms with Gasteiger partial charge >= 0.3 is 0 Å². The highest BCUT2D eigenvalue weighted by molar-refractivity contribution is 5.56. The summed E-state index contributed by atoms with van der Waals surface area (Å²) in [5.74, 6) is 0.413. The molecule has 0 saturated heterocycles. The zero-order chi connectivity index (χ0) is 14.8. The Bertz CT molecular complexity index is 694. The molecule has 2 aromatic carbocycles. The second-order valence-corrected chi connectivity index (χ2v) is 5.61. The fourth-order valence-corrected chi connectivity index (χ4v) is 2.45. The van der Waals surface area contributed by atoms with E-state index in [0.717, 1.165) is 11.5 Å². The van der Waals surface area contributed by atoms with Crippen molar-refractivity contribution in [2.24, 2.45) is 0 Å². The van der Waals surface area contributed by atoms with Gasteiger partial charge in [0, 0.05) is 17.8 Å². The summed E-state index contributed by atoms with van der Waals surface area (Å²) in [5.41, 5.74) is 4.13. The Labute approximate surface area is 124 Å². The summed E-state index contributed by atoms with van der Waals surface area (Å²) in [5, 5.41) is 12.1. The second kappa shape index (κ2) is 5.57. The van der Waals surface area contributed by atoms with Crippen molar-refractivity contribution in [1.29, 1.82) is 5.26 Å². The van der Waals surface area contributed by atoms with Crippen molar-refractivity contribution in [1.82, 2.24) is 0 Å². The van der Waals surface area contributed by atoms with Gasteiger partial charge in [0.15, 0.2) is 0 Å². The lowest BCUT2D eigenvalue weighted by Crippen LogP contribution is -2.03. The van der Waals surface area contributed by atoms with Gasteiger partial charge in [0.25, 0.3) is 0 Å². The van der Waals surface area contributed by atoms with E-state index in [1.165, 1.54) is 24.5 Å². The molecular weight excluding hydrogens is 263 g/mol. The Kier molecular flexibility index (Phi) is 3.62. The Morgan fingerprint density at radius 1 is 1.24 bits per heavy atom. The van der Waals surface area contributed by atoms with Crippen molar-refractivity contribution in [2.45, 2.75) is 32.2 Å². The SMILES string of the molecule is Cc1c(F)cc(C#N)cc1NCc1ccc(C2CC2)cc1. The van der Waals surface area contributed by atoms with Gasteiger partial charge in [-0.2, -0.15) is 5.26 Å². The van der Waals surface area contributed by atoms with Crippen LogP contribution in [0.5, 0.6) is 0 Å². The van der Waals surface area contributed by atoms with Crippen LogP contribution in [0.15, 0.2) is 36.4 Å². The first kappa shape index (κ1) is 13.6. The van der Waals surface area contributed by atoms with E-state index in [1.807, 2.05) is 6.07 Å². The smallest absolute Gasteiger partial charge is 0.129 e. The van der Waals surface area contributed by atoms with E-state index >= 15 is 0 Å². The van der Waals surface area contributed by atoms with Crippen LogP contribution in [0.1, 0.15) is 41.0 Å². The summed E-state index contributed by atoms with van der Waals surface area (Å²) in [4.78, 5) is 0. The highest BCUT2D eigenvalue weighted by Crippen LogP contribution is 2.39. The number of nitrogens with one attached hydrogen (secondary N) is 1. The van der Waals surface area contributed by atoms with Crippen molar-refractivity contribution in [3.8, 4) is 6.07 Å². The molecule has 0 amide bonds. The van der Waals surface area contributed by atoms with Gasteiger partial charge in [-0.3, -0.25) is 0 Å². The van der Waals surface area contributed by atoms with E-state index < -0.39 is 0 Å². The van der Waals surface area contributed by atoms with E-state index in [9.17, 15) is 4.39 Å². The molecule has 0 spiro atoms. The van der Waals surface area contributed by atoms with Crippen LogP contribution >= 0.6 is 0 Å². The minimum absolute atomic E-state index is 0.338. The topological polar surface area (TPSA) is 35.8 Å². The molecule has 0 bridgehead atoms. The van der Waals surface area contributed by atoms with Crippen molar-refractivity contribution in [2.75, 3.05) is 5.32 Å². The van der Waals surface area contributed by atoms with E-state index in [1.54, 1.807) is 13.0 Å². The molecular formula is C18H17FN2. The van der Waals surface area contributed by atoms with Gasteiger partial charge in [0.1, 0.15) is 5.82 Å². The molecule has 0 aromatic heterocycles. The van der Waals surface area contributed by atoms with E-state index in [2.05, 4.69) is 29.6 Å². The molecule has 2 aromatic rings. The molecule has 0 radical (unpaired) electrons. The molecule has 0 unspecified atom stereocenters. The summed E-state index contributed by atoms with van der Waals surface area (Å²) >= 11 is 0. The molecule has 0 heterocycles. The van der Waals surface area contributed by atoms with Crippen molar-refractivity contribution >= 4 is 5.69 Å². The first-order valence-electron chi connectivity index (χ1n) is 7.20. The van der Waals surface area contributed by atoms with Crippen LogP contribution in [-0.4, -0.2) is 0 Å². The van der Waals surface area contributed by atoms with Crippen molar-refractivity contribution < 1.29 is 4.39 Å². The first-order chi connectivity index (χ1) is 10.2. The largest absolute Gasteiger partial charge is 0.381 e. The number of hydrogen-bond acceptors (Lipinski definition) is 2. The van der Waals surface area contributed by atoms with Crippen molar-refractivity contribution in [3.63, 3.8) is 0 Å². The molecule has 1 N–H and O–H groups in total. The van der Waals surface area contributed by atoms with Gasteiger partial charge in [0.2, 0.25) is 0 Å². The summed E-state index contributed by atoms with van der Waals surface area (Å²) in [6.07, 6.45) is 2.61. The van der Waals surface area contributed by atoms with Crippen LogP contribution in [0.2, 0.25) is 0 Å². The molecule has 1 aliphatic carbocycles. The minimum Gasteiger partial charge on any atom is -0.381 e. The lowest BCUT2D eigenvalue weighted by atomic mass is 10.1. The molecule has 3 rings (SSSR count). The van der Waals surface area contributed by atoms with Gasteiger partial charge in [-0.05, 0) is 48.9 Å². The molecule has 0 aliphatic heterocycles. The van der Waals surface area contributed by atoms with Gasteiger partial charge in [-0.15, -0.1) is 0 Å². The van der Waals surface area contributed by atoms with Gasteiger partial charge in [-0.1, -0.05) is 24.3 Å². The molecule has 3 heteroatoms. The lowest BCUT2D eigenvalue weighted by molar-refractivity contribution is 0.618. The quantitative estimate of drug-likeness (QED) is 0.895. The lowest BCUT2D eigenvalue weighted by Gasteiger charge is -2.11. The molecule has 106 valence electrons. The Balaban J connectivity index is 1.72. The molecule has 1 fully saturated rings. The van der Waals surface area contributed by atoms with Crippen LogP contribution in [0.3, 0.4) is 0 Å². The normalized spacial score (nSPS) is 13.8. The number of anilines is 1. The number of rotatable bonds is 4. The summed E-state index contributed by atoms with van der Waals surface area (Å²) in [6.45, 7) is 2.34. The molecule has 0 atom stereocenters. The average molecular weight is 280 g/mol. The van der Waals surface area contributed by atoms with E-state index in [-0.39, 0.29) is 5.82 Å². The van der Waals surface area contributed by atoms with E-state index in [4.69, 9.17) is 5.26 Å². The number of nitriles is 1. The van der Waals surface area contributed by atoms with Gasteiger partial charge in [0.05, 0.1) is 11.6 Å². The molecule has 1 saturated carbocycles. The number of halogens is 1. The fourth-order valence-electron chi connectivity index (χ4n) is 2.45. The van der Waals surface area contributed by atoms with Crippen LogP contribution in [0, 0.1) is 24.1 Å². The summed E-state index contributed by atoms with van der Waals surface area (Å²) in [7, 11) is 0. The van der Waals surface area contributed by atoms with Gasteiger partial charge < -0.3 is 5.32 Å². The molecule has 2 nitrogen and oxygen atoms in total. The van der Waals surface area contributed by atoms with E-state index in [0.29, 0.717) is 23.4 Å². The van der Waals surface area contributed by atoms with Crippen LogP contribution in [0.25, 0.3) is 0 Å². The van der Waals surface area contributed by atoms with Crippen LogP contribution in [-0.2, 0) is 6.54 Å². The maximum absolute atomic E-state index is 13.7. The predicted octanol–water partition coefficient (Wildman–Crippen LogP) is 4.50. The van der Waals surface area contributed by atoms with Gasteiger partial charge in [-0.25, -0.2) is 4.39 Å². The Hall–Kier alpha value is -2.34.